The molecule has 4 nitrogen and oxygen atoms in total. The van der Waals surface area contributed by atoms with Gasteiger partial charge in [-0.1, -0.05) is 48.0 Å². The molecule has 0 bridgehead atoms. The second-order valence-electron chi connectivity index (χ2n) is 5.46. The first-order chi connectivity index (χ1) is 11.4. The molecule has 1 N–H and O–H groups in total. The zero-order valence-corrected chi connectivity index (χ0v) is 14.4. The van der Waals surface area contributed by atoms with Crippen LogP contribution in [0.2, 0.25) is 10.0 Å². The number of carbonyl (C=O) groups excluding carboxylic acids is 2. The third-order valence-corrected chi connectivity index (χ3v) is 4.67. The molecule has 0 aliphatic carbocycles. The summed E-state index contributed by atoms with van der Waals surface area (Å²) < 4.78 is 0. The number of hydrogen-bond acceptors (Lipinski definition) is 2. The minimum Gasteiger partial charge on any atom is -0.324 e. The molecule has 0 spiro atoms. The predicted octanol–water partition coefficient (Wildman–Crippen LogP) is 4.45. The van der Waals surface area contributed by atoms with Gasteiger partial charge in [-0.3, -0.25) is 14.5 Å². The maximum Gasteiger partial charge on any atom is 0.259 e. The Hall–Kier alpha value is -2.30. The summed E-state index contributed by atoms with van der Waals surface area (Å²) in [7, 11) is 0. The molecule has 2 aromatic carbocycles. The molecule has 0 unspecified atom stereocenters. The van der Waals surface area contributed by atoms with Crippen molar-refractivity contribution in [1.29, 1.82) is 0 Å². The quantitative estimate of drug-likeness (QED) is 0.878. The van der Waals surface area contributed by atoms with Crippen LogP contribution in [0.1, 0.15) is 22.8 Å². The van der Waals surface area contributed by atoms with Gasteiger partial charge in [-0.05, 0) is 31.2 Å². The SMILES string of the molecule is C=C1c2ccccc2C(=O)N1[C@H](C)C(=O)Nc1ccc(Cl)c(Cl)c1. The molecule has 0 aromatic heterocycles. The van der Waals surface area contributed by atoms with Gasteiger partial charge >= 0.3 is 0 Å². The van der Waals surface area contributed by atoms with E-state index in [1.165, 1.54) is 4.90 Å². The van der Waals surface area contributed by atoms with Gasteiger partial charge in [-0.2, -0.15) is 0 Å². The average molecular weight is 361 g/mol. The van der Waals surface area contributed by atoms with E-state index in [1.54, 1.807) is 37.3 Å². The van der Waals surface area contributed by atoms with Gasteiger partial charge in [-0.25, -0.2) is 0 Å². The first-order valence-electron chi connectivity index (χ1n) is 7.28. The standard InChI is InChI=1S/C18H14Cl2N2O2/c1-10-13-5-3-4-6-14(13)18(24)22(10)11(2)17(23)21-12-7-8-15(19)16(20)9-12/h3-9,11H,1H2,2H3,(H,21,23)/t11-/m1/s1. The monoisotopic (exact) mass is 360 g/mol. The summed E-state index contributed by atoms with van der Waals surface area (Å²) in [6.45, 7) is 5.60. The highest BCUT2D eigenvalue weighted by Gasteiger charge is 2.36. The Labute approximate surface area is 149 Å². The van der Waals surface area contributed by atoms with Crippen molar-refractivity contribution in [2.45, 2.75) is 13.0 Å². The van der Waals surface area contributed by atoms with Crippen LogP contribution in [0.5, 0.6) is 0 Å². The van der Waals surface area contributed by atoms with Crippen LogP contribution >= 0.6 is 23.2 Å². The molecule has 1 atom stereocenters. The summed E-state index contributed by atoms with van der Waals surface area (Å²) in [5, 5.41) is 3.49. The van der Waals surface area contributed by atoms with Crippen LogP contribution in [0.4, 0.5) is 5.69 Å². The number of hydrogen-bond donors (Lipinski definition) is 1. The van der Waals surface area contributed by atoms with Gasteiger partial charge in [0.05, 0.1) is 10.0 Å². The molecule has 6 heteroatoms. The molecule has 1 aliphatic rings. The number of anilines is 1. The lowest BCUT2D eigenvalue weighted by Crippen LogP contribution is -2.41. The number of benzene rings is 2. The first kappa shape index (κ1) is 16.6. The van der Waals surface area contributed by atoms with Gasteiger partial charge in [0.15, 0.2) is 0 Å². The molecule has 0 saturated carbocycles. The summed E-state index contributed by atoms with van der Waals surface area (Å²) in [6.07, 6.45) is 0. The van der Waals surface area contributed by atoms with E-state index in [0.29, 0.717) is 27.0 Å². The number of halogens is 2. The van der Waals surface area contributed by atoms with Crippen molar-refractivity contribution in [3.05, 3.63) is 70.2 Å². The Morgan fingerprint density at radius 2 is 1.79 bits per heavy atom. The fraction of sp³-hybridized carbons (Fsp3) is 0.111. The summed E-state index contributed by atoms with van der Waals surface area (Å²) in [4.78, 5) is 26.5. The van der Waals surface area contributed by atoms with Crippen LogP contribution in [-0.4, -0.2) is 22.8 Å². The number of rotatable bonds is 3. The van der Waals surface area contributed by atoms with Crippen LogP contribution < -0.4 is 5.32 Å². The van der Waals surface area contributed by atoms with Gasteiger partial charge in [0, 0.05) is 22.5 Å². The van der Waals surface area contributed by atoms with Gasteiger partial charge in [-0.15, -0.1) is 0 Å². The van der Waals surface area contributed by atoms with E-state index in [1.807, 2.05) is 12.1 Å². The summed E-state index contributed by atoms with van der Waals surface area (Å²) in [5.74, 6) is -0.567. The van der Waals surface area contributed by atoms with Crippen molar-refractivity contribution in [2.75, 3.05) is 5.32 Å². The third-order valence-electron chi connectivity index (χ3n) is 3.93. The number of nitrogens with one attached hydrogen (secondary N) is 1. The van der Waals surface area contributed by atoms with Crippen molar-refractivity contribution >= 4 is 46.4 Å². The van der Waals surface area contributed by atoms with E-state index in [-0.39, 0.29) is 11.8 Å². The molecule has 3 rings (SSSR count). The smallest absolute Gasteiger partial charge is 0.259 e. The normalized spacial score (nSPS) is 14.5. The Kier molecular flexibility index (Phi) is 4.35. The van der Waals surface area contributed by atoms with Crippen LogP contribution in [0.3, 0.4) is 0 Å². The molecule has 24 heavy (non-hydrogen) atoms. The second-order valence-corrected chi connectivity index (χ2v) is 6.28. The maximum atomic E-state index is 12.6. The van der Waals surface area contributed by atoms with E-state index in [9.17, 15) is 9.59 Å². The molecule has 0 radical (unpaired) electrons. The minimum atomic E-state index is -0.716. The molecular weight excluding hydrogens is 347 g/mol. The topological polar surface area (TPSA) is 49.4 Å². The molecule has 0 fully saturated rings. The zero-order chi connectivity index (χ0) is 17.4. The molecule has 122 valence electrons. The molecule has 0 saturated heterocycles. The van der Waals surface area contributed by atoms with Crippen LogP contribution in [0, 0.1) is 0 Å². The van der Waals surface area contributed by atoms with Crippen molar-refractivity contribution in [1.82, 2.24) is 4.90 Å². The van der Waals surface area contributed by atoms with Crippen molar-refractivity contribution < 1.29 is 9.59 Å². The fourth-order valence-corrected chi connectivity index (χ4v) is 2.95. The lowest BCUT2D eigenvalue weighted by molar-refractivity contribution is -0.119. The molecular formula is C18H14Cl2N2O2. The molecule has 2 aromatic rings. The summed E-state index contributed by atoms with van der Waals surface area (Å²) >= 11 is 11.8. The number of nitrogens with zero attached hydrogens (tertiary/aromatic N) is 1. The lowest BCUT2D eigenvalue weighted by Gasteiger charge is -2.24. The minimum absolute atomic E-state index is 0.229. The van der Waals surface area contributed by atoms with Crippen molar-refractivity contribution in [3.8, 4) is 0 Å². The van der Waals surface area contributed by atoms with Gasteiger partial charge in [0.25, 0.3) is 5.91 Å². The molecule has 2 amide bonds. The highest BCUT2D eigenvalue weighted by Crippen LogP contribution is 2.33. The van der Waals surface area contributed by atoms with Crippen molar-refractivity contribution in [2.24, 2.45) is 0 Å². The Morgan fingerprint density at radius 3 is 2.42 bits per heavy atom. The highest BCUT2D eigenvalue weighted by atomic mass is 35.5. The van der Waals surface area contributed by atoms with Gasteiger partial charge in [0.1, 0.15) is 6.04 Å². The predicted molar refractivity (Wildman–Crippen MR) is 96.2 cm³/mol. The Bertz CT molecular complexity index is 829. The van der Waals surface area contributed by atoms with Gasteiger partial charge < -0.3 is 5.32 Å². The Morgan fingerprint density at radius 1 is 1.12 bits per heavy atom. The molecule has 1 heterocycles. The van der Waals surface area contributed by atoms with E-state index in [0.717, 1.165) is 5.56 Å². The average Bonchev–Trinajstić information content (AvgIpc) is 2.82. The highest BCUT2D eigenvalue weighted by molar-refractivity contribution is 6.42. The zero-order valence-electron chi connectivity index (χ0n) is 12.8. The van der Waals surface area contributed by atoms with Crippen LogP contribution in [0.15, 0.2) is 49.0 Å². The lowest BCUT2D eigenvalue weighted by atomic mass is 10.1. The largest absolute Gasteiger partial charge is 0.324 e. The fourth-order valence-electron chi connectivity index (χ4n) is 2.65. The number of amides is 2. The van der Waals surface area contributed by atoms with Crippen LogP contribution in [0.25, 0.3) is 5.70 Å². The van der Waals surface area contributed by atoms with Crippen molar-refractivity contribution in [3.63, 3.8) is 0 Å². The second kappa shape index (κ2) is 6.30. The number of carbonyl (C=O) groups is 2. The van der Waals surface area contributed by atoms with Crippen LogP contribution in [-0.2, 0) is 4.79 Å². The maximum absolute atomic E-state index is 12.6. The van der Waals surface area contributed by atoms with Gasteiger partial charge in [0.2, 0.25) is 5.91 Å². The Balaban J connectivity index is 1.80. The van der Waals surface area contributed by atoms with E-state index in [2.05, 4.69) is 11.9 Å². The van der Waals surface area contributed by atoms with E-state index in [4.69, 9.17) is 23.2 Å². The van der Waals surface area contributed by atoms with E-state index >= 15 is 0 Å². The molecule has 1 aliphatic heterocycles. The summed E-state index contributed by atoms with van der Waals surface area (Å²) in [5.41, 5.74) is 2.33. The third kappa shape index (κ3) is 2.79. The van der Waals surface area contributed by atoms with E-state index < -0.39 is 6.04 Å². The first-order valence-corrected chi connectivity index (χ1v) is 8.03. The number of fused-ring (bicyclic) bond motifs is 1. The summed E-state index contributed by atoms with van der Waals surface area (Å²) in [6, 6.07) is 11.3.